The van der Waals surface area contributed by atoms with Crippen LogP contribution in [-0.2, 0) is 20.8 Å². The number of aryl methyl sites for hydroxylation is 1. The molecule has 0 aliphatic carbocycles. The molecule has 7 nitrogen and oxygen atoms in total. The molecule has 0 N–H and O–H groups in total. The summed E-state index contributed by atoms with van der Waals surface area (Å²) in [5, 5.41) is 8.41. The maximum Gasteiger partial charge on any atom is 0.338 e. The van der Waals surface area contributed by atoms with Crippen molar-refractivity contribution in [2.24, 2.45) is 22.1 Å². The second-order valence-electron chi connectivity index (χ2n) is 10.0. The largest absolute Gasteiger partial charge is 0.459 e. The molecule has 3 aromatic carbocycles. The van der Waals surface area contributed by atoms with Gasteiger partial charge in [-0.05, 0) is 48.7 Å². The third-order valence-corrected chi connectivity index (χ3v) is 7.29. The Morgan fingerprint density at radius 1 is 0.949 bits per heavy atom. The van der Waals surface area contributed by atoms with Crippen LogP contribution >= 0.6 is 0 Å². The molecule has 2 aliphatic heterocycles. The van der Waals surface area contributed by atoms with Gasteiger partial charge in [-0.2, -0.15) is 10.2 Å². The second-order valence-corrected chi connectivity index (χ2v) is 10.0. The molecular weight excluding hydrogens is 492 g/mol. The molecule has 198 valence electrons. The van der Waals surface area contributed by atoms with Crippen LogP contribution in [-0.4, -0.2) is 36.9 Å². The Balaban J connectivity index is 1.40. The molecule has 0 amide bonds. The Labute approximate surface area is 228 Å². The SMILES string of the molecule is Cc1cc(C#C[C@H]2O[C@H](COC(=O)c3ccccc3)[C@@H](C)[C@H](C)[C@@H]2OC(=O)c2ccccc2)c2c(c1)CN=N2. The fourth-order valence-corrected chi connectivity index (χ4v) is 4.88. The van der Waals surface area contributed by atoms with Crippen LogP contribution in [0.1, 0.15) is 51.3 Å². The predicted octanol–water partition coefficient (Wildman–Crippen LogP) is 6.07. The smallest absolute Gasteiger partial charge is 0.338 e. The van der Waals surface area contributed by atoms with Crippen LogP contribution in [0.5, 0.6) is 0 Å². The Kier molecular flexibility index (Phi) is 7.85. The molecule has 1 saturated heterocycles. The number of nitrogens with zero attached hydrogens (tertiary/aromatic N) is 2. The van der Waals surface area contributed by atoms with Gasteiger partial charge < -0.3 is 14.2 Å². The van der Waals surface area contributed by atoms with Crippen molar-refractivity contribution in [3.8, 4) is 11.8 Å². The number of carbonyl (C=O) groups excluding carboxylic acids is 2. The minimum Gasteiger partial charge on any atom is -0.459 e. The number of ether oxygens (including phenoxy) is 3. The van der Waals surface area contributed by atoms with Crippen molar-refractivity contribution in [3.63, 3.8) is 0 Å². The van der Waals surface area contributed by atoms with Gasteiger partial charge in [0, 0.05) is 11.5 Å². The van der Waals surface area contributed by atoms with E-state index in [1.165, 1.54) is 0 Å². The fraction of sp³-hybridized carbons (Fsp3) is 0.312. The highest BCUT2D eigenvalue weighted by atomic mass is 16.6. The Bertz CT molecular complexity index is 1440. The second kappa shape index (κ2) is 11.6. The lowest BCUT2D eigenvalue weighted by molar-refractivity contribution is -0.160. The Morgan fingerprint density at radius 2 is 1.62 bits per heavy atom. The maximum atomic E-state index is 13.0. The number of fused-ring (bicyclic) bond motifs is 1. The van der Waals surface area contributed by atoms with Gasteiger partial charge in [0.2, 0.25) is 0 Å². The van der Waals surface area contributed by atoms with Crippen molar-refractivity contribution in [2.45, 2.75) is 45.6 Å². The van der Waals surface area contributed by atoms with Crippen LogP contribution in [0.25, 0.3) is 0 Å². The van der Waals surface area contributed by atoms with Gasteiger partial charge in [-0.25, -0.2) is 9.59 Å². The molecule has 5 atom stereocenters. The van der Waals surface area contributed by atoms with Gasteiger partial charge in [0.1, 0.15) is 18.4 Å². The molecule has 39 heavy (non-hydrogen) atoms. The van der Waals surface area contributed by atoms with E-state index in [-0.39, 0.29) is 18.4 Å². The summed E-state index contributed by atoms with van der Waals surface area (Å²) in [5.74, 6) is 5.39. The number of benzene rings is 3. The molecule has 7 heteroatoms. The van der Waals surface area contributed by atoms with Gasteiger partial charge in [0.15, 0.2) is 6.10 Å². The lowest BCUT2D eigenvalue weighted by Crippen LogP contribution is -2.52. The number of hydrogen-bond acceptors (Lipinski definition) is 7. The summed E-state index contributed by atoms with van der Waals surface area (Å²) in [7, 11) is 0. The van der Waals surface area contributed by atoms with E-state index in [1.807, 2.05) is 39.0 Å². The maximum absolute atomic E-state index is 13.0. The van der Waals surface area contributed by atoms with Gasteiger partial charge in [-0.15, -0.1) is 0 Å². The summed E-state index contributed by atoms with van der Waals surface area (Å²) >= 11 is 0. The number of esters is 2. The predicted molar refractivity (Wildman–Crippen MR) is 146 cm³/mol. The summed E-state index contributed by atoms with van der Waals surface area (Å²) in [6, 6.07) is 21.7. The van der Waals surface area contributed by atoms with Crippen LogP contribution in [0, 0.1) is 30.6 Å². The van der Waals surface area contributed by atoms with E-state index in [1.54, 1.807) is 48.5 Å². The van der Waals surface area contributed by atoms with E-state index in [4.69, 9.17) is 14.2 Å². The van der Waals surface area contributed by atoms with Gasteiger partial charge in [0.05, 0.1) is 29.3 Å². The lowest BCUT2D eigenvalue weighted by atomic mass is 9.81. The van der Waals surface area contributed by atoms with Crippen LogP contribution in [0.15, 0.2) is 83.0 Å². The van der Waals surface area contributed by atoms with Crippen molar-refractivity contribution >= 4 is 17.6 Å². The zero-order chi connectivity index (χ0) is 27.4. The zero-order valence-corrected chi connectivity index (χ0v) is 22.2. The fourth-order valence-electron chi connectivity index (χ4n) is 4.88. The van der Waals surface area contributed by atoms with Crippen LogP contribution in [0.2, 0.25) is 0 Å². The molecule has 2 aliphatic rings. The summed E-state index contributed by atoms with van der Waals surface area (Å²) in [4.78, 5) is 25.6. The van der Waals surface area contributed by atoms with E-state index in [0.717, 1.165) is 22.4 Å². The van der Waals surface area contributed by atoms with Crippen LogP contribution in [0.4, 0.5) is 5.69 Å². The molecule has 0 unspecified atom stereocenters. The van der Waals surface area contributed by atoms with Gasteiger partial charge in [0.25, 0.3) is 0 Å². The normalized spacial score (nSPS) is 23.3. The first-order valence-electron chi connectivity index (χ1n) is 13.1. The first-order chi connectivity index (χ1) is 18.9. The zero-order valence-electron chi connectivity index (χ0n) is 22.2. The van der Waals surface area contributed by atoms with Gasteiger partial charge in [-0.3, -0.25) is 0 Å². The molecule has 3 aromatic rings. The van der Waals surface area contributed by atoms with Crippen molar-refractivity contribution in [1.29, 1.82) is 0 Å². The number of rotatable bonds is 5. The van der Waals surface area contributed by atoms with E-state index in [2.05, 4.69) is 28.1 Å². The molecule has 0 saturated carbocycles. The van der Waals surface area contributed by atoms with Gasteiger partial charge >= 0.3 is 11.9 Å². The third kappa shape index (κ3) is 5.92. The monoisotopic (exact) mass is 522 g/mol. The Morgan fingerprint density at radius 3 is 2.31 bits per heavy atom. The third-order valence-electron chi connectivity index (χ3n) is 7.29. The van der Waals surface area contributed by atoms with E-state index >= 15 is 0 Å². The highest BCUT2D eigenvalue weighted by molar-refractivity contribution is 5.89. The molecule has 2 heterocycles. The van der Waals surface area contributed by atoms with E-state index < -0.39 is 30.3 Å². The molecular formula is C32H30N2O5. The van der Waals surface area contributed by atoms with Gasteiger partial charge in [-0.1, -0.05) is 68.2 Å². The first-order valence-corrected chi connectivity index (χ1v) is 13.1. The quantitative estimate of drug-likeness (QED) is 0.300. The van der Waals surface area contributed by atoms with Crippen LogP contribution < -0.4 is 0 Å². The standard InChI is InChI=1S/C32H30N2O5/c1-20-16-25(29-26(17-20)18-33-34-29)14-15-27-30(39-32(36)24-12-8-5-9-13-24)22(3)21(2)28(38-27)19-37-31(35)23-10-6-4-7-11-23/h4-13,16-17,21-22,27-28,30H,18-19H2,1-3H3/t21-,22-,27+,28+,30-/m0/s1. The minimum absolute atomic E-state index is 0.0603. The van der Waals surface area contributed by atoms with E-state index in [0.29, 0.717) is 17.7 Å². The number of azo groups is 1. The molecule has 0 radical (unpaired) electrons. The minimum atomic E-state index is -0.737. The summed E-state index contributed by atoms with van der Waals surface area (Å²) in [6.45, 7) is 6.62. The molecule has 5 rings (SSSR count). The molecule has 0 aromatic heterocycles. The van der Waals surface area contributed by atoms with Crippen molar-refractivity contribution in [2.75, 3.05) is 6.61 Å². The summed E-state index contributed by atoms with van der Waals surface area (Å²) in [6.07, 6.45) is -1.79. The highest BCUT2D eigenvalue weighted by Gasteiger charge is 2.43. The van der Waals surface area contributed by atoms with E-state index in [9.17, 15) is 9.59 Å². The first kappa shape index (κ1) is 26.3. The Hall–Kier alpha value is -4.28. The lowest BCUT2D eigenvalue weighted by Gasteiger charge is -2.42. The van der Waals surface area contributed by atoms with Crippen LogP contribution in [0.3, 0.4) is 0 Å². The molecule has 0 bridgehead atoms. The average Bonchev–Trinajstić information content (AvgIpc) is 3.43. The average molecular weight is 523 g/mol. The van der Waals surface area contributed by atoms with Crippen molar-refractivity contribution in [3.05, 3.63) is 101 Å². The number of carbonyl (C=O) groups is 2. The van der Waals surface area contributed by atoms with Crippen molar-refractivity contribution < 1.29 is 23.8 Å². The topological polar surface area (TPSA) is 86.5 Å². The molecule has 0 spiro atoms. The number of hydrogen-bond donors (Lipinski definition) is 0. The summed E-state index contributed by atoms with van der Waals surface area (Å²) < 4.78 is 18.0. The molecule has 1 fully saturated rings. The highest BCUT2D eigenvalue weighted by Crippen LogP contribution is 2.35. The van der Waals surface area contributed by atoms with Crippen molar-refractivity contribution in [1.82, 2.24) is 0 Å². The summed E-state index contributed by atoms with van der Waals surface area (Å²) in [5.41, 5.74) is 4.54.